The van der Waals surface area contributed by atoms with Gasteiger partial charge >= 0.3 is 6.03 Å². The van der Waals surface area contributed by atoms with E-state index in [1.54, 1.807) is 0 Å². The van der Waals surface area contributed by atoms with Crippen molar-refractivity contribution in [1.29, 1.82) is 0 Å². The highest BCUT2D eigenvalue weighted by atomic mass is 16.2. The molecule has 2 amide bonds. The third kappa shape index (κ3) is 5.87. The summed E-state index contributed by atoms with van der Waals surface area (Å²) >= 11 is 0. The summed E-state index contributed by atoms with van der Waals surface area (Å²) in [5.41, 5.74) is 1.14. The molecule has 23 heavy (non-hydrogen) atoms. The van der Waals surface area contributed by atoms with Crippen LogP contribution in [0.1, 0.15) is 38.7 Å². The number of nitrogens with one attached hydrogen (secondary N) is 1. The summed E-state index contributed by atoms with van der Waals surface area (Å²) in [7, 11) is 2.22. The first kappa shape index (κ1) is 17.8. The molecule has 4 nitrogen and oxygen atoms in total. The summed E-state index contributed by atoms with van der Waals surface area (Å²) in [4.78, 5) is 16.7. The first-order valence-corrected chi connectivity index (χ1v) is 8.83. The Labute approximate surface area is 140 Å². The van der Waals surface area contributed by atoms with E-state index in [0.29, 0.717) is 12.6 Å². The van der Waals surface area contributed by atoms with Crippen LogP contribution < -0.4 is 5.32 Å². The van der Waals surface area contributed by atoms with Crippen LogP contribution in [0.25, 0.3) is 0 Å². The average molecular weight is 317 g/mol. The number of amides is 2. The first-order chi connectivity index (χ1) is 11.1. The average Bonchev–Trinajstić information content (AvgIpc) is 2.58. The van der Waals surface area contributed by atoms with Crippen LogP contribution in [0.5, 0.6) is 0 Å². The van der Waals surface area contributed by atoms with Gasteiger partial charge in [-0.05, 0) is 44.3 Å². The summed E-state index contributed by atoms with van der Waals surface area (Å²) in [6.07, 6.45) is 3.40. The molecule has 4 heteroatoms. The van der Waals surface area contributed by atoms with Gasteiger partial charge in [0.1, 0.15) is 0 Å². The minimum atomic E-state index is 0.0668. The molecular formula is C19H31N3O. The normalized spacial score (nSPS) is 16.1. The highest BCUT2D eigenvalue weighted by Crippen LogP contribution is 2.16. The molecule has 0 spiro atoms. The van der Waals surface area contributed by atoms with E-state index in [0.717, 1.165) is 44.0 Å². The van der Waals surface area contributed by atoms with Gasteiger partial charge in [-0.3, -0.25) is 0 Å². The Hall–Kier alpha value is -1.55. The van der Waals surface area contributed by atoms with Gasteiger partial charge in [-0.1, -0.05) is 44.2 Å². The van der Waals surface area contributed by atoms with Gasteiger partial charge in [0.2, 0.25) is 0 Å². The van der Waals surface area contributed by atoms with Crippen LogP contribution in [0.3, 0.4) is 0 Å². The van der Waals surface area contributed by atoms with E-state index in [1.807, 2.05) is 35.2 Å². The minimum Gasteiger partial charge on any atom is -0.334 e. The number of hydrogen-bond acceptors (Lipinski definition) is 2. The zero-order valence-corrected chi connectivity index (χ0v) is 14.8. The van der Waals surface area contributed by atoms with Crippen LogP contribution >= 0.6 is 0 Å². The summed E-state index contributed by atoms with van der Waals surface area (Å²) in [5, 5.41) is 3.03. The Morgan fingerprint density at radius 2 is 1.91 bits per heavy atom. The lowest BCUT2D eigenvalue weighted by Gasteiger charge is -2.37. The van der Waals surface area contributed by atoms with Crippen molar-refractivity contribution in [2.45, 2.75) is 45.7 Å². The van der Waals surface area contributed by atoms with Gasteiger partial charge in [0, 0.05) is 25.7 Å². The van der Waals surface area contributed by atoms with E-state index in [4.69, 9.17) is 0 Å². The van der Waals surface area contributed by atoms with E-state index in [9.17, 15) is 4.79 Å². The van der Waals surface area contributed by atoms with Crippen molar-refractivity contribution in [3.63, 3.8) is 0 Å². The maximum absolute atomic E-state index is 12.3. The number of piperidine rings is 1. The smallest absolute Gasteiger partial charge is 0.317 e. The molecule has 2 rings (SSSR count). The number of benzene rings is 1. The lowest BCUT2D eigenvalue weighted by atomic mass is 10.0. The summed E-state index contributed by atoms with van der Waals surface area (Å²) in [6.45, 7) is 8.02. The van der Waals surface area contributed by atoms with Crippen molar-refractivity contribution < 1.29 is 4.79 Å². The van der Waals surface area contributed by atoms with Crippen LogP contribution in [0.4, 0.5) is 4.79 Å². The van der Waals surface area contributed by atoms with Crippen LogP contribution in [0, 0.1) is 5.92 Å². The van der Waals surface area contributed by atoms with Crippen molar-refractivity contribution in [3.8, 4) is 0 Å². The van der Waals surface area contributed by atoms with Crippen LogP contribution in [-0.2, 0) is 6.54 Å². The van der Waals surface area contributed by atoms with E-state index < -0.39 is 0 Å². The molecule has 0 saturated carbocycles. The largest absolute Gasteiger partial charge is 0.334 e. The third-order valence-corrected chi connectivity index (χ3v) is 4.72. The minimum absolute atomic E-state index is 0.0668. The molecule has 1 saturated heterocycles. The molecule has 1 aliphatic heterocycles. The zero-order chi connectivity index (χ0) is 16.7. The number of carbonyl (C=O) groups excluding carboxylic acids is 1. The molecule has 1 heterocycles. The molecule has 0 aromatic heterocycles. The van der Waals surface area contributed by atoms with Gasteiger partial charge in [0.15, 0.2) is 0 Å². The molecule has 1 aliphatic rings. The number of hydrogen-bond donors (Lipinski definition) is 1. The number of carbonyl (C=O) groups is 1. The second-order valence-electron chi connectivity index (χ2n) is 7.03. The fraction of sp³-hybridized carbons (Fsp3) is 0.632. The molecule has 0 aliphatic carbocycles. The zero-order valence-electron chi connectivity index (χ0n) is 14.8. The Kier molecular flexibility index (Phi) is 6.90. The highest BCUT2D eigenvalue weighted by molar-refractivity contribution is 5.74. The maximum atomic E-state index is 12.3. The summed E-state index contributed by atoms with van der Waals surface area (Å²) in [5.74, 6) is 0.751. The Bertz CT molecular complexity index is 467. The molecule has 1 aromatic rings. The summed E-state index contributed by atoms with van der Waals surface area (Å²) in [6, 6.07) is 10.8. The standard InChI is InChI=1S/C19H31N3O/c1-16(2)9-12-21(3)18-10-13-22(14-11-18)19(23)20-15-17-7-5-4-6-8-17/h4-8,16,18H,9-15H2,1-3H3,(H,20,23). The molecule has 0 bridgehead atoms. The van der Waals surface area contributed by atoms with Crippen LogP contribution in [0.15, 0.2) is 30.3 Å². The number of rotatable bonds is 6. The monoisotopic (exact) mass is 317 g/mol. The fourth-order valence-corrected chi connectivity index (χ4v) is 3.04. The Morgan fingerprint density at radius 3 is 2.52 bits per heavy atom. The lowest BCUT2D eigenvalue weighted by Crippen LogP contribution is -2.48. The molecule has 0 atom stereocenters. The van der Waals surface area contributed by atoms with E-state index >= 15 is 0 Å². The maximum Gasteiger partial charge on any atom is 0.317 e. The van der Waals surface area contributed by atoms with Gasteiger partial charge < -0.3 is 15.1 Å². The van der Waals surface area contributed by atoms with Crippen molar-refractivity contribution in [2.75, 3.05) is 26.7 Å². The number of likely N-dealkylation sites (tertiary alicyclic amines) is 1. The first-order valence-electron chi connectivity index (χ1n) is 8.83. The van der Waals surface area contributed by atoms with Gasteiger partial charge in [-0.15, -0.1) is 0 Å². The quantitative estimate of drug-likeness (QED) is 0.873. The van der Waals surface area contributed by atoms with E-state index in [-0.39, 0.29) is 6.03 Å². The molecular weight excluding hydrogens is 286 g/mol. The van der Waals surface area contributed by atoms with Crippen LogP contribution in [0.2, 0.25) is 0 Å². The van der Waals surface area contributed by atoms with Crippen molar-refractivity contribution in [2.24, 2.45) is 5.92 Å². The van der Waals surface area contributed by atoms with Crippen molar-refractivity contribution >= 4 is 6.03 Å². The molecule has 0 radical (unpaired) electrons. The fourth-order valence-electron chi connectivity index (χ4n) is 3.04. The van der Waals surface area contributed by atoms with Gasteiger partial charge in [0.05, 0.1) is 0 Å². The van der Waals surface area contributed by atoms with Crippen molar-refractivity contribution in [1.82, 2.24) is 15.1 Å². The molecule has 128 valence electrons. The number of urea groups is 1. The van der Waals surface area contributed by atoms with Gasteiger partial charge in [-0.25, -0.2) is 4.79 Å². The molecule has 0 unspecified atom stereocenters. The second kappa shape index (κ2) is 8.92. The highest BCUT2D eigenvalue weighted by Gasteiger charge is 2.24. The summed E-state index contributed by atoms with van der Waals surface area (Å²) < 4.78 is 0. The van der Waals surface area contributed by atoms with E-state index in [1.165, 1.54) is 6.42 Å². The topological polar surface area (TPSA) is 35.6 Å². The van der Waals surface area contributed by atoms with Gasteiger partial charge in [0.25, 0.3) is 0 Å². The van der Waals surface area contributed by atoms with Crippen molar-refractivity contribution in [3.05, 3.63) is 35.9 Å². The van der Waals surface area contributed by atoms with E-state index in [2.05, 4.69) is 31.1 Å². The van der Waals surface area contributed by atoms with Crippen LogP contribution in [-0.4, -0.2) is 48.6 Å². The second-order valence-corrected chi connectivity index (χ2v) is 7.03. The predicted molar refractivity (Wildman–Crippen MR) is 95.4 cm³/mol. The Morgan fingerprint density at radius 1 is 1.26 bits per heavy atom. The van der Waals surface area contributed by atoms with Gasteiger partial charge in [-0.2, -0.15) is 0 Å². The molecule has 1 fully saturated rings. The predicted octanol–water partition coefficient (Wildman–Crippen LogP) is 3.34. The molecule has 1 N–H and O–H groups in total. The SMILES string of the molecule is CC(C)CCN(C)C1CCN(C(=O)NCc2ccccc2)CC1. The Balaban J connectivity index is 1.70. The third-order valence-electron chi connectivity index (χ3n) is 4.72. The lowest BCUT2D eigenvalue weighted by molar-refractivity contribution is 0.131. The number of nitrogens with zero attached hydrogens (tertiary/aromatic N) is 2. The molecule has 1 aromatic carbocycles.